The molecule has 0 fully saturated rings. The maximum Gasteiger partial charge on any atom is 0.247 e. The summed E-state index contributed by atoms with van der Waals surface area (Å²) in [6.07, 6.45) is 0. The Balaban J connectivity index is 0.919. The molecule has 15 rings (SSSR count). The maximum absolute atomic E-state index is 6.46. The van der Waals surface area contributed by atoms with Crippen LogP contribution < -0.4 is 52.1 Å². The van der Waals surface area contributed by atoms with Crippen LogP contribution in [0.1, 0.15) is 0 Å². The molecule has 6 aliphatic heterocycles. The SMILES string of the molecule is c1ccc2c(c1)Oc1ccccc1N2c1cc2c3c(c1)Sc1cc4c(cc1B3c1ccccc1S2)B1c2ccccc2Sc2cc(N3c5ccccc5Oc5ccccc53)cc(c21)S4. The smallest absolute Gasteiger partial charge is 0.247 e. The van der Waals surface area contributed by atoms with Crippen molar-refractivity contribution in [2.45, 2.75) is 39.2 Å². The van der Waals surface area contributed by atoms with Gasteiger partial charge in [0.25, 0.3) is 0 Å². The zero-order valence-electron chi connectivity index (χ0n) is 33.8. The van der Waals surface area contributed by atoms with Crippen LogP contribution in [-0.4, -0.2) is 13.4 Å². The zero-order chi connectivity index (χ0) is 41.6. The van der Waals surface area contributed by atoms with Gasteiger partial charge in [-0.3, -0.25) is 0 Å². The Morgan fingerprint density at radius 2 is 0.625 bits per heavy atom. The minimum atomic E-state index is 0.116. The van der Waals surface area contributed by atoms with E-state index in [-0.39, 0.29) is 13.4 Å². The van der Waals surface area contributed by atoms with E-state index in [2.05, 4.69) is 192 Å². The average molecular weight is 889 g/mol. The lowest BCUT2D eigenvalue weighted by molar-refractivity contribution is 0.476. The second-order valence-electron chi connectivity index (χ2n) is 16.7. The van der Waals surface area contributed by atoms with E-state index in [0.717, 1.165) is 57.1 Å². The summed E-state index contributed by atoms with van der Waals surface area (Å²) in [6.45, 7) is 0.232. The molecular weight excluding hydrogens is 858 g/mol. The molecule has 0 unspecified atom stereocenters. The number of para-hydroxylation sites is 8. The van der Waals surface area contributed by atoms with E-state index in [4.69, 9.17) is 9.47 Å². The first kappa shape index (κ1) is 36.1. The maximum atomic E-state index is 6.46. The lowest BCUT2D eigenvalue weighted by Gasteiger charge is -2.39. The summed E-state index contributed by atoms with van der Waals surface area (Å²) >= 11 is 7.67. The van der Waals surface area contributed by atoms with E-state index < -0.39 is 0 Å². The molecule has 0 radical (unpaired) electrons. The van der Waals surface area contributed by atoms with E-state index in [1.807, 2.05) is 47.0 Å². The molecule has 9 aromatic carbocycles. The van der Waals surface area contributed by atoms with Gasteiger partial charge in [0, 0.05) is 50.5 Å². The quantitative estimate of drug-likeness (QED) is 0.158. The number of rotatable bonds is 2. The summed E-state index contributed by atoms with van der Waals surface area (Å²) in [5.41, 5.74) is 14.9. The van der Waals surface area contributed by atoms with Gasteiger partial charge in [0.1, 0.15) is 0 Å². The van der Waals surface area contributed by atoms with Crippen molar-refractivity contribution in [2.75, 3.05) is 9.80 Å². The summed E-state index contributed by atoms with van der Waals surface area (Å²) in [5.74, 6) is 3.45. The van der Waals surface area contributed by atoms with Crippen LogP contribution in [0.2, 0.25) is 0 Å². The van der Waals surface area contributed by atoms with E-state index in [1.165, 1.54) is 71.9 Å². The van der Waals surface area contributed by atoms with Gasteiger partial charge in [0.15, 0.2) is 23.0 Å². The van der Waals surface area contributed by atoms with Crippen LogP contribution in [0.25, 0.3) is 0 Å². The number of hydrogen-bond acceptors (Lipinski definition) is 8. The van der Waals surface area contributed by atoms with Crippen molar-refractivity contribution in [1.82, 2.24) is 0 Å². The van der Waals surface area contributed by atoms with Gasteiger partial charge in [-0.05, 0) is 102 Å². The van der Waals surface area contributed by atoms with Gasteiger partial charge in [0.05, 0.1) is 22.7 Å². The Hall–Kier alpha value is -6.29. The molecule has 0 spiro atoms. The normalized spacial score (nSPS) is 14.8. The number of nitrogens with zero attached hydrogens (tertiary/aromatic N) is 2. The first-order valence-corrected chi connectivity index (χ1v) is 24.7. The Kier molecular flexibility index (Phi) is 7.68. The highest BCUT2D eigenvalue weighted by Crippen LogP contribution is 2.54. The summed E-state index contributed by atoms with van der Waals surface area (Å²) in [7, 11) is 0. The lowest BCUT2D eigenvalue weighted by atomic mass is 9.33. The van der Waals surface area contributed by atoms with Crippen molar-refractivity contribution < 1.29 is 9.47 Å². The van der Waals surface area contributed by atoms with Gasteiger partial charge >= 0.3 is 0 Å². The van der Waals surface area contributed by atoms with Crippen molar-refractivity contribution in [3.63, 3.8) is 0 Å². The molecule has 6 aliphatic rings. The first-order chi connectivity index (χ1) is 31.7. The molecule has 6 heterocycles. The Bertz CT molecular complexity index is 3230. The van der Waals surface area contributed by atoms with Gasteiger partial charge in [-0.2, -0.15) is 0 Å². The molecule has 9 aromatic rings. The highest BCUT2D eigenvalue weighted by Gasteiger charge is 2.44. The minimum Gasteiger partial charge on any atom is -0.453 e. The molecule has 10 heteroatoms. The predicted molar refractivity (Wildman–Crippen MR) is 268 cm³/mol. The summed E-state index contributed by atoms with van der Waals surface area (Å²) < 4.78 is 12.9. The molecule has 0 N–H and O–H groups in total. The van der Waals surface area contributed by atoms with Crippen LogP contribution in [0.4, 0.5) is 34.1 Å². The van der Waals surface area contributed by atoms with E-state index >= 15 is 0 Å². The van der Waals surface area contributed by atoms with Crippen molar-refractivity contribution >= 4 is 127 Å². The minimum absolute atomic E-state index is 0.116. The molecule has 298 valence electrons. The van der Waals surface area contributed by atoms with Crippen LogP contribution in [0, 0.1) is 0 Å². The monoisotopic (exact) mass is 888 g/mol. The fraction of sp³-hybridized carbons (Fsp3) is 0. The summed E-state index contributed by atoms with van der Waals surface area (Å²) in [6, 6.07) is 66.5. The number of ether oxygens (including phenoxy) is 2. The molecule has 0 aromatic heterocycles. The Morgan fingerprint density at radius 1 is 0.297 bits per heavy atom. The van der Waals surface area contributed by atoms with Crippen LogP contribution >= 0.6 is 47.0 Å². The van der Waals surface area contributed by atoms with Crippen molar-refractivity contribution in [2.24, 2.45) is 0 Å². The molecule has 64 heavy (non-hydrogen) atoms. The summed E-state index contributed by atoms with van der Waals surface area (Å²) in [4.78, 5) is 15.3. The van der Waals surface area contributed by atoms with Gasteiger partial charge in [-0.15, -0.1) is 0 Å². The van der Waals surface area contributed by atoms with E-state index in [9.17, 15) is 0 Å². The first-order valence-electron chi connectivity index (χ1n) is 21.5. The standard InChI is InChI=1S/C54H30B2N2O2S4/c1-11-23-45-33(13-1)55-35-29-36-48(30-47(35)63-51-27-31(25-49(61-45)53(51)55)57-37-15-3-7-19-41(37)59-42-20-8-4-16-38(42)57)64-52-28-32(26-50-54(52)56(36)34-14-2-12-24-46(34)62-50)58-39-17-5-9-21-43(39)60-44-22-10-6-18-40(44)58/h1-30H. The second kappa shape index (κ2) is 13.6. The molecule has 4 nitrogen and oxygen atoms in total. The largest absolute Gasteiger partial charge is 0.453 e. The van der Waals surface area contributed by atoms with E-state index in [0.29, 0.717) is 0 Å². The third-order valence-corrected chi connectivity index (χ3v) is 17.8. The van der Waals surface area contributed by atoms with Crippen LogP contribution in [0.3, 0.4) is 0 Å². The topological polar surface area (TPSA) is 24.9 Å². The van der Waals surface area contributed by atoms with Gasteiger partial charge in [-0.25, -0.2) is 0 Å². The van der Waals surface area contributed by atoms with Crippen LogP contribution in [0.5, 0.6) is 23.0 Å². The molecule has 0 amide bonds. The van der Waals surface area contributed by atoms with Gasteiger partial charge in [0.2, 0.25) is 13.4 Å². The molecular formula is C54H30B2N2O2S4. The number of fused-ring (bicyclic) bond motifs is 12. The number of benzene rings is 9. The van der Waals surface area contributed by atoms with Crippen molar-refractivity contribution in [1.29, 1.82) is 0 Å². The van der Waals surface area contributed by atoms with Gasteiger partial charge in [-0.1, -0.05) is 160 Å². The van der Waals surface area contributed by atoms with Crippen molar-refractivity contribution in [3.8, 4) is 23.0 Å². The van der Waals surface area contributed by atoms with Crippen LogP contribution in [0.15, 0.2) is 221 Å². The predicted octanol–water partition coefficient (Wildman–Crippen LogP) is 11.7. The molecule has 0 saturated carbocycles. The molecule has 0 bridgehead atoms. The highest BCUT2D eigenvalue weighted by atomic mass is 32.2. The molecule has 0 aliphatic carbocycles. The third kappa shape index (κ3) is 5.16. The van der Waals surface area contributed by atoms with Crippen LogP contribution in [-0.2, 0) is 0 Å². The molecule has 0 saturated heterocycles. The Morgan fingerprint density at radius 3 is 1.02 bits per heavy atom. The average Bonchev–Trinajstić information content (AvgIpc) is 3.33. The van der Waals surface area contributed by atoms with Gasteiger partial charge < -0.3 is 19.3 Å². The second-order valence-corrected chi connectivity index (χ2v) is 21.1. The Labute approximate surface area is 388 Å². The number of anilines is 6. The number of hydrogen-bond donors (Lipinski definition) is 0. The third-order valence-electron chi connectivity index (χ3n) is 13.2. The van der Waals surface area contributed by atoms with E-state index in [1.54, 1.807) is 0 Å². The lowest BCUT2D eigenvalue weighted by Crippen LogP contribution is -2.62. The fourth-order valence-corrected chi connectivity index (χ4v) is 15.6. The highest BCUT2D eigenvalue weighted by molar-refractivity contribution is 8.02. The molecule has 0 atom stereocenters. The zero-order valence-corrected chi connectivity index (χ0v) is 37.1. The van der Waals surface area contributed by atoms with Crippen molar-refractivity contribution in [3.05, 3.63) is 182 Å². The summed E-state index contributed by atoms with van der Waals surface area (Å²) in [5, 5.41) is 0. The fourth-order valence-electron chi connectivity index (χ4n) is 10.6.